The zero-order valence-corrected chi connectivity index (χ0v) is 8.08. The predicted octanol–water partition coefficient (Wildman–Crippen LogP) is 1.52. The lowest BCUT2D eigenvalue weighted by molar-refractivity contribution is 0.254. The van der Waals surface area contributed by atoms with E-state index in [9.17, 15) is 4.79 Å². The number of benzene rings is 1. The van der Waals surface area contributed by atoms with E-state index in [4.69, 9.17) is 5.73 Å². The Labute approximate surface area is 82.7 Å². The fourth-order valence-electron chi connectivity index (χ4n) is 1.62. The molecule has 74 valence electrons. The number of anilines is 2. The quantitative estimate of drug-likeness (QED) is 0.707. The molecule has 3 N–H and O–H groups in total. The number of nitrogens with one attached hydrogen (secondary N) is 1. The lowest BCUT2D eigenvalue weighted by atomic mass is 10.1. The molecular weight excluding hydrogens is 178 g/mol. The summed E-state index contributed by atoms with van der Waals surface area (Å²) in [6.07, 6.45) is 0.958. The summed E-state index contributed by atoms with van der Waals surface area (Å²) in [6, 6.07) is 5.62. The summed E-state index contributed by atoms with van der Waals surface area (Å²) in [5.74, 6) is 0. The molecule has 2 amide bonds. The van der Waals surface area contributed by atoms with E-state index in [-0.39, 0.29) is 0 Å². The largest absolute Gasteiger partial charge is 0.366 e. The molecule has 0 spiro atoms. The van der Waals surface area contributed by atoms with Gasteiger partial charge in [0, 0.05) is 0 Å². The first-order chi connectivity index (χ1) is 6.72. The summed E-state index contributed by atoms with van der Waals surface area (Å²) in [6.45, 7) is 2.55. The molecule has 1 aliphatic rings. The normalized spacial score (nSPS) is 13.6. The van der Waals surface area contributed by atoms with E-state index in [1.165, 1.54) is 10.5 Å². The number of amides is 2. The molecular formula is C10H13N3O. The standard InChI is InChI=1S/C10H13N3O/c1-2-7-3-4-8-9(5-7)13(6-12-8)10(11)14/h3-5,12H,2,6H2,1H3,(H2,11,14). The van der Waals surface area contributed by atoms with Gasteiger partial charge in [0.1, 0.15) is 0 Å². The van der Waals surface area contributed by atoms with E-state index in [1.807, 2.05) is 12.1 Å². The molecule has 0 atom stereocenters. The number of primary amides is 1. The third-order valence-corrected chi connectivity index (χ3v) is 2.45. The minimum Gasteiger partial charge on any atom is -0.366 e. The van der Waals surface area contributed by atoms with Crippen LogP contribution in [0.15, 0.2) is 18.2 Å². The van der Waals surface area contributed by atoms with Crippen molar-refractivity contribution in [3.63, 3.8) is 0 Å². The van der Waals surface area contributed by atoms with Crippen LogP contribution in [0.4, 0.5) is 16.2 Å². The van der Waals surface area contributed by atoms with Crippen molar-refractivity contribution in [2.45, 2.75) is 13.3 Å². The zero-order chi connectivity index (χ0) is 10.1. The van der Waals surface area contributed by atoms with Crippen molar-refractivity contribution in [1.82, 2.24) is 0 Å². The minimum absolute atomic E-state index is 0.412. The van der Waals surface area contributed by atoms with Gasteiger partial charge in [-0.05, 0) is 24.1 Å². The molecule has 0 fully saturated rings. The van der Waals surface area contributed by atoms with Gasteiger partial charge in [0.25, 0.3) is 0 Å². The van der Waals surface area contributed by atoms with Crippen molar-refractivity contribution in [3.05, 3.63) is 23.8 Å². The molecule has 0 saturated carbocycles. The van der Waals surface area contributed by atoms with E-state index < -0.39 is 6.03 Å². The van der Waals surface area contributed by atoms with Gasteiger partial charge in [0.2, 0.25) is 0 Å². The van der Waals surface area contributed by atoms with Crippen molar-refractivity contribution in [2.75, 3.05) is 16.9 Å². The maximum absolute atomic E-state index is 11.1. The average Bonchev–Trinajstić information content (AvgIpc) is 2.59. The summed E-state index contributed by atoms with van der Waals surface area (Å²) in [5, 5.41) is 3.11. The number of carbonyl (C=O) groups is 1. The van der Waals surface area contributed by atoms with Crippen LogP contribution in [0.5, 0.6) is 0 Å². The lowest BCUT2D eigenvalue weighted by Gasteiger charge is -2.12. The topological polar surface area (TPSA) is 58.4 Å². The Balaban J connectivity index is 2.41. The van der Waals surface area contributed by atoms with Crippen LogP contribution >= 0.6 is 0 Å². The number of carbonyl (C=O) groups excluding carboxylic acids is 1. The molecule has 14 heavy (non-hydrogen) atoms. The number of fused-ring (bicyclic) bond motifs is 1. The van der Waals surface area contributed by atoms with Crippen LogP contribution in [0.3, 0.4) is 0 Å². The van der Waals surface area contributed by atoms with Gasteiger partial charge in [-0.15, -0.1) is 0 Å². The summed E-state index contributed by atoms with van der Waals surface area (Å²) in [4.78, 5) is 12.6. The number of aryl methyl sites for hydroxylation is 1. The van der Waals surface area contributed by atoms with Gasteiger partial charge in [0.15, 0.2) is 0 Å². The fraction of sp³-hybridized carbons (Fsp3) is 0.300. The molecule has 1 heterocycles. The zero-order valence-electron chi connectivity index (χ0n) is 8.08. The van der Waals surface area contributed by atoms with Crippen molar-refractivity contribution in [2.24, 2.45) is 5.73 Å². The van der Waals surface area contributed by atoms with Gasteiger partial charge in [-0.1, -0.05) is 13.0 Å². The van der Waals surface area contributed by atoms with Gasteiger partial charge < -0.3 is 11.1 Å². The highest BCUT2D eigenvalue weighted by molar-refractivity contribution is 5.97. The molecule has 1 aromatic rings. The van der Waals surface area contributed by atoms with E-state index in [0.717, 1.165) is 17.8 Å². The Hall–Kier alpha value is -1.71. The van der Waals surface area contributed by atoms with Crippen molar-refractivity contribution in [3.8, 4) is 0 Å². The summed E-state index contributed by atoms with van der Waals surface area (Å²) in [7, 11) is 0. The Bertz CT molecular complexity index is 376. The highest BCUT2D eigenvalue weighted by Crippen LogP contribution is 2.31. The summed E-state index contributed by atoms with van der Waals surface area (Å²) >= 11 is 0. The van der Waals surface area contributed by atoms with E-state index in [1.54, 1.807) is 0 Å². The van der Waals surface area contributed by atoms with Crippen LogP contribution < -0.4 is 16.0 Å². The second kappa shape index (κ2) is 3.21. The molecule has 0 aliphatic carbocycles. The maximum atomic E-state index is 11.1. The predicted molar refractivity (Wildman–Crippen MR) is 56.4 cm³/mol. The molecule has 1 aliphatic heterocycles. The third-order valence-electron chi connectivity index (χ3n) is 2.45. The first-order valence-corrected chi connectivity index (χ1v) is 4.66. The van der Waals surface area contributed by atoms with E-state index in [0.29, 0.717) is 6.67 Å². The Morgan fingerprint density at radius 1 is 1.64 bits per heavy atom. The molecule has 0 bridgehead atoms. The van der Waals surface area contributed by atoms with Crippen LogP contribution in [0.1, 0.15) is 12.5 Å². The second-order valence-corrected chi connectivity index (χ2v) is 3.31. The molecule has 4 heteroatoms. The Morgan fingerprint density at radius 2 is 2.43 bits per heavy atom. The molecule has 4 nitrogen and oxygen atoms in total. The van der Waals surface area contributed by atoms with Gasteiger partial charge >= 0.3 is 6.03 Å². The van der Waals surface area contributed by atoms with Crippen molar-refractivity contribution in [1.29, 1.82) is 0 Å². The summed E-state index contributed by atoms with van der Waals surface area (Å²) < 4.78 is 0. The third kappa shape index (κ3) is 1.28. The van der Waals surface area contributed by atoms with Crippen molar-refractivity contribution >= 4 is 17.4 Å². The first-order valence-electron chi connectivity index (χ1n) is 4.66. The number of urea groups is 1. The van der Waals surface area contributed by atoms with E-state index >= 15 is 0 Å². The van der Waals surface area contributed by atoms with Gasteiger partial charge in [-0.2, -0.15) is 0 Å². The smallest absolute Gasteiger partial charge is 0.320 e. The molecule has 0 saturated heterocycles. The SMILES string of the molecule is CCc1ccc2c(c1)N(C(N)=O)CN2. The summed E-state index contributed by atoms with van der Waals surface area (Å²) in [5.41, 5.74) is 8.32. The maximum Gasteiger partial charge on any atom is 0.320 e. The first kappa shape index (κ1) is 8.87. The number of hydrogen-bond acceptors (Lipinski definition) is 2. The second-order valence-electron chi connectivity index (χ2n) is 3.31. The fourth-order valence-corrected chi connectivity index (χ4v) is 1.62. The average molecular weight is 191 g/mol. The molecule has 2 rings (SSSR count). The van der Waals surface area contributed by atoms with E-state index in [2.05, 4.69) is 18.3 Å². The Kier molecular flexibility index (Phi) is 2.04. The number of nitrogens with zero attached hydrogens (tertiary/aromatic N) is 1. The van der Waals surface area contributed by atoms with Gasteiger partial charge in [-0.3, -0.25) is 4.90 Å². The molecule has 0 aromatic heterocycles. The Morgan fingerprint density at radius 3 is 3.07 bits per heavy atom. The van der Waals surface area contributed by atoms with Crippen LogP contribution in [0, 0.1) is 0 Å². The lowest BCUT2D eigenvalue weighted by Crippen LogP contribution is -2.35. The number of hydrogen-bond donors (Lipinski definition) is 2. The van der Waals surface area contributed by atoms with Crippen LogP contribution in [0.25, 0.3) is 0 Å². The monoisotopic (exact) mass is 191 g/mol. The minimum atomic E-state index is -0.412. The van der Waals surface area contributed by atoms with Gasteiger partial charge in [0.05, 0.1) is 18.0 Å². The molecule has 0 radical (unpaired) electrons. The van der Waals surface area contributed by atoms with Gasteiger partial charge in [-0.25, -0.2) is 4.79 Å². The number of rotatable bonds is 1. The van der Waals surface area contributed by atoms with Crippen LogP contribution in [-0.4, -0.2) is 12.7 Å². The highest BCUT2D eigenvalue weighted by Gasteiger charge is 2.22. The van der Waals surface area contributed by atoms with Crippen molar-refractivity contribution < 1.29 is 4.79 Å². The molecule has 0 unspecified atom stereocenters. The number of nitrogens with two attached hydrogens (primary N) is 1. The highest BCUT2D eigenvalue weighted by atomic mass is 16.2. The van der Waals surface area contributed by atoms with Crippen LogP contribution in [-0.2, 0) is 6.42 Å². The van der Waals surface area contributed by atoms with Crippen LogP contribution in [0.2, 0.25) is 0 Å². The molecule has 1 aromatic carbocycles.